The van der Waals surface area contributed by atoms with E-state index in [0.717, 1.165) is 16.8 Å². The lowest BCUT2D eigenvalue weighted by Crippen LogP contribution is -2.44. The number of ether oxygens (including phenoxy) is 1. The summed E-state index contributed by atoms with van der Waals surface area (Å²) in [4.78, 5) is 27.5. The van der Waals surface area contributed by atoms with Crippen molar-refractivity contribution in [1.29, 1.82) is 0 Å². The van der Waals surface area contributed by atoms with E-state index in [2.05, 4.69) is 10.3 Å². The number of aliphatic carboxylic acids is 1. The predicted octanol–water partition coefficient (Wildman–Crippen LogP) is 3.27. The van der Waals surface area contributed by atoms with Gasteiger partial charge in [-0.05, 0) is 38.5 Å². The number of hydrogen-bond donors (Lipinski definition) is 2. The Morgan fingerprint density at radius 2 is 1.84 bits per heavy atom. The van der Waals surface area contributed by atoms with Crippen molar-refractivity contribution in [2.45, 2.75) is 38.8 Å². The van der Waals surface area contributed by atoms with E-state index < -0.39 is 23.7 Å². The number of hydrogen-bond acceptors (Lipinski definition) is 4. The normalized spacial score (nSPS) is 12.3. The molecule has 1 amide bonds. The number of carbonyl (C=O) groups is 2. The van der Waals surface area contributed by atoms with Crippen LogP contribution in [0, 0.1) is 0 Å². The van der Waals surface area contributed by atoms with E-state index in [9.17, 15) is 14.7 Å². The Morgan fingerprint density at radius 1 is 1.16 bits per heavy atom. The third-order valence-corrected chi connectivity index (χ3v) is 3.34. The van der Waals surface area contributed by atoms with Gasteiger partial charge in [0.1, 0.15) is 11.6 Å². The van der Waals surface area contributed by atoms with Gasteiger partial charge in [0.2, 0.25) is 0 Å². The van der Waals surface area contributed by atoms with E-state index in [1.807, 2.05) is 42.5 Å². The van der Waals surface area contributed by atoms with Crippen LogP contribution < -0.4 is 5.32 Å². The van der Waals surface area contributed by atoms with E-state index >= 15 is 0 Å². The second-order valence-corrected chi connectivity index (χ2v) is 6.65. The van der Waals surface area contributed by atoms with Crippen LogP contribution in [0.5, 0.6) is 0 Å². The average Bonchev–Trinajstić information content (AvgIpc) is 2.54. The highest BCUT2D eigenvalue weighted by Crippen LogP contribution is 2.17. The van der Waals surface area contributed by atoms with Crippen molar-refractivity contribution in [2.75, 3.05) is 0 Å². The number of carbonyl (C=O) groups excluding carboxylic acids is 1. The van der Waals surface area contributed by atoms with Crippen LogP contribution in [-0.2, 0) is 16.0 Å². The molecule has 0 saturated heterocycles. The molecule has 0 aliphatic rings. The highest BCUT2D eigenvalue weighted by molar-refractivity contribution is 5.80. The fourth-order valence-electron chi connectivity index (χ4n) is 2.23. The Bertz CT molecular complexity index is 721. The molecule has 2 N–H and O–H groups in total. The van der Waals surface area contributed by atoms with E-state index in [0.29, 0.717) is 0 Å². The summed E-state index contributed by atoms with van der Waals surface area (Å²) in [6, 6.07) is 12.0. The molecule has 25 heavy (non-hydrogen) atoms. The number of aromatic nitrogens is 1. The molecule has 0 spiro atoms. The molecule has 1 aromatic carbocycles. The van der Waals surface area contributed by atoms with Crippen molar-refractivity contribution in [3.8, 4) is 11.3 Å². The second-order valence-electron chi connectivity index (χ2n) is 6.65. The molecule has 0 saturated carbocycles. The Hall–Kier alpha value is -2.89. The molecule has 0 bridgehead atoms. The quantitative estimate of drug-likeness (QED) is 0.870. The summed E-state index contributed by atoms with van der Waals surface area (Å²) in [5.41, 5.74) is 1.90. The Balaban J connectivity index is 2.04. The number of alkyl carbamates (subject to hydrolysis) is 1. The monoisotopic (exact) mass is 342 g/mol. The van der Waals surface area contributed by atoms with Crippen LogP contribution in [0.15, 0.2) is 48.7 Å². The first kappa shape index (κ1) is 18.4. The second kappa shape index (κ2) is 7.79. The van der Waals surface area contributed by atoms with E-state index in [4.69, 9.17) is 4.74 Å². The topological polar surface area (TPSA) is 88.5 Å². The molecule has 2 rings (SSSR count). The van der Waals surface area contributed by atoms with Crippen molar-refractivity contribution < 1.29 is 19.4 Å². The molecule has 2 aromatic rings. The van der Waals surface area contributed by atoms with Gasteiger partial charge in [-0.15, -0.1) is 0 Å². The van der Waals surface area contributed by atoms with Crippen LogP contribution in [-0.4, -0.2) is 33.8 Å². The van der Waals surface area contributed by atoms with E-state index in [1.165, 1.54) is 0 Å². The van der Waals surface area contributed by atoms with E-state index in [-0.39, 0.29) is 6.42 Å². The number of rotatable bonds is 5. The minimum Gasteiger partial charge on any atom is -0.480 e. The lowest BCUT2D eigenvalue weighted by atomic mass is 10.0. The zero-order chi connectivity index (χ0) is 18.4. The number of carboxylic acids is 1. The molecule has 1 aromatic heterocycles. The Kier molecular flexibility index (Phi) is 5.75. The first-order valence-corrected chi connectivity index (χ1v) is 7.97. The van der Waals surface area contributed by atoms with Crippen LogP contribution in [0.1, 0.15) is 26.3 Å². The molecule has 0 unspecified atom stereocenters. The van der Waals surface area contributed by atoms with Gasteiger partial charge >= 0.3 is 12.1 Å². The van der Waals surface area contributed by atoms with Crippen LogP contribution in [0.3, 0.4) is 0 Å². The standard InChI is InChI=1S/C19H22N2O4/c1-19(2,3)25-18(24)21-16(17(22)23)12-13-7-9-14(10-8-13)15-6-4-5-11-20-15/h4-11,16H,12H2,1-3H3,(H,21,24)(H,22,23)/t16-/m1/s1. The molecular weight excluding hydrogens is 320 g/mol. The van der Waals surface area contributed by atoms with Gasteiger partial charge in [-0.2, -0.15) is 0 Å². The fourth-order valence-corrected chi connectivity index (χ4v) is 2.23. The van der Waals surface area contributed by atoms with Crippen LogP contribution >= 0.6 is 0 Å². The van der Waals surface area contributed by atoms with Crippen LogP contribution in [0.25, 0.3) is 11.3 Å². The number of nitrogens with one attached hydrogen (secondary N) is 1. The highest BCUT2D eigenvalue weighted by atomic mass is 16.6. The zero-order valence-corrected chi connectivity index (χ0v) is 14.5. The minimum absolute atomic E-state index is 0.164. The summed E-state index contributed by atoms with van der Waals surface area (Å²) in [5.74, 6) is -1.11. The summed E-state index contributed by atoms with van der Waals surface area (Å²) in [5, 5.41) is 11.7. The summed E-state index contributed by atoms with van der Waals surface area (Å²) < 4.78 is 5.11. The molecule has 1 atom stereocenters. The van der Waals surface area contributed by atoms with Crippen molar-refractivity contribution >= 4 is 12.1 Å². The Morgan fingerprint density at radius 3 is 2.36 bits per heavy atom. The molecule has 0 radical (unpaired) electrons. The predicted molar refractivity (Wildman–Crippen MR) is 94.2 cm³/mol. The molecule has 0 aliphatic heterocycles. The van der Waals surface area contributed by atoms with Crippen LogP contribution in [0.4, 0.5) is 4.79 Å². The number of pyridine rings is 1. The SMILES string of the molecule is CC(C)(C)OC(=O)N[C@H](Cc1ccc(-c2ccccn2)cc1)C(=O)O. The molecule has 0 aliphatic carbocycles. The van der Waals surface area contributed by atoms with Crippen molar-refractivity contribution in [1.82, 2.24) is 10.3 Å². The highest BCUT2D eigenvalue weighted by Gasteiger charge is 2.24. The van der Waals surface area contributed by atoms with Gasteiger partial charge in [0, 0.05) is 18.2 Å². The van der Waals surface area contributed by atoms with Crippen molar-refractivity contribution in [3.05, 3.63) is 54.2 Å². The van der Waals surface area contributed by atoms with Crippen molar-refractivity contribution in [2.24, 2.45) is 0 Å². The lowest BCUT2D eigenvalue weighted by Gasteiger charge is -2.22. The van der Waals surface area contributed by atoms with Crippen molar-refractivity contribution in [3.63, 3.8) is 0 Å². The molecular formula is C19H22N2O4. The molecule has 6 heteroatoms. The van der Waals surface area contributed by atoms with Gasteiger partial charge in [0.25, 0.3) is 0 Å². The third kappa shape index (κ3) is 5.91. The van der Waals surface area contributed by atoms with Gasteiger partial charge in [-0.25, -0.2) is 9.59 Å². The van der Waals surface area contributed by atoms with Gasteiger partial charge < -0.3 is 15.2 Å². The summed E-state index contributed by atoms with van der Waals surface area (Å²) in [7, 11) is 0. The number of amides is 1. The summed E-state index contributed by atoms with van der Waals surface area (Å²) in [6.45, 7) is 5.16. The maximum absolute atomic E-state index is 11.8. The van der Waals surface area contributed by atoms with Gasteiger partial charge in [0.05, 0.1) is 5.69 Å². The van der Waals surface area contributed by atoms with Gasteiger partial charge in [-0.3, -0.25) is 4.98 Å². The van der Waals surface area contributed by atoms with Gasteiger partial charge in [-0.1, -0.05) is 30.3 Å². The average molecular weight is 342 g/mol. The van der Waals surface area contributed by atoms with Gasteiger partial charge in [0.15, 0.2) is 0 Å². The first-order valence-electron chi connectivity index (χ1n) is 7.97. The number of nitrogens with zero attached hydrogens (tertiary/aromatic N) is 1. The first-order chi connectivity index (χ1) is 11.7. The maximum Gasteiger partial charge on any atom is 0.408 e. The zero-order valence-electron chi connectivity index (χ0n) is 14.5. The third-order valence-electron chi connectivity index (χ3n) is 3.34. The smallest absolute Gasteiger partial charge is 0.408 e. The Labute approximate surface area is 146 Å². The molecule has 6 nitrogen and oxygen atoms in total. The largest absolute Gasteiger partial charge is 0.480 e. The molecule has 0 fully saturated rings. The van der Waals surface area contributed by atoms with Crippen LogP contribution in [0.2, 0.25) is 0 Å². The molecule has 1 heterocycles. The summed E-state index contributed by atoms with van der Waals surface area (Å²) in [6.07, 6.45) is 1.14. The fraction of sp³-hybridized carbons (Fsp3) is 0.316. The lowest BCUT2D eigenvalue weighted by molar-refractivity contribution is -0.139. The minimum atomic E-state index is -1.11. The summed E-state index contributed by atoms with van der Waals surface area (Å²) >= 11 is 0. The maximum atomic E-state index is 11.8. The molecule has 132 valence electrons. The van der Waals surface area contributed by atoms with E-state index in [1.54, 1.807) is 27.0 Å². The number of benzene rings is 1. The number of carboxylic acid groups (broad SMARTS) is 1.